The van der Waals surface area contributed by atoms with Gasteiger partial charge in [-0.15, -0.1) is 0 Å². The number of rotatable bonds is 2. The lowest BCUT2D eigenvalue weighted by molar-refractivity contribution is -0.140. The van der Waals surface area contributed by atoms with Crippen LogP contribution in [0.5, 0.6) is 0 Å². The standard InChI is InChI=1S/C11H13BrN2O2/c12-8-7-3-1-2-6-14(7)9(13-8)11(4-5-11)10(15)16/h1-6H2,(H,15,16). The molecule has 0 radical (unpaired) electrons. The zero-order valence-electron chi connectivity index (χ0n) is 8.87. The molecule has 1 aromatic heterocycles. The second-order valence-corrected chi connectivity index (χ2v) is 5.42. The number of aromatic nitrogens is 2. The van der Waals surface area contributed by atoms with Crippen LogP contribution in [-0.2, 0) is 23.2 Å². The van der Waals surface area contributed by atoms with E-state index in [4.69, 9.17) is 0 Å². The van der Waals surface area contributed by atoms with E-state index < -0.39 is 11.4 Å². The molecule has 16 heavy (non-hydrogen) atoms. The Bertz CT molecular complexity index is 463. The number of aliphatic carboxylic acids is 1. The molecule has 5 heteroatoms. The second-order valence-electron chi connectivity index (χ2n) is 4.67. The maximum absolute atomic E-state index is 11.3. The Balaban J connectivity index is 2.12. The summed E-state index contributed by atoms with van der Waals surface area (Å²) in [6.45, 7) is 0.915. The normalized spacial score (nSPS) is 21.6. The van der Waals surface area contributed by atoms with Crippen LogP contribution in [0.25, 0.3) is 0 Å². The number of carboxylic acid groups (broad SMARTS) is 1. The molecule has 1 N–H and O–H groups in total. The molecule has 1 aromatic rings. The number of fused-ring (bicyclic) bond motifs is 1. The maximum atomic E-state index is 11.3. The van der Waals surface area contributed by atoms with E-state index >= 15 is 0 Å². The Kier molecular flexibility index (Phi) is 2.14. The molecule has 0 atom stereocenters. The molecule has 4 nitrogen and oxygen atoms in total. The molecule has 2 heterocycles. The predicted molar refractivity (Wildman–Crippen MR) is 61.4 cm³/mol. The molecule has 0 saturated heterocycles. The van der Waals surface area contributed by atoms with Crippen molar-refractivity contribution in [1.82, 2.24) is 9.55 Å². The number of hydrogen-bond acceptors (Lipinski definition) is 2. The smallest absolute Gasteiger partial charge is 0.317 e. The fourth-order valence-corrected chi connectivity index (χ4v) is 3.10. The van der Waals surface area contributed by atoms with E-state index in [1.54, 1.807) is 0 Å². The highest BCUT2D eigenvalue weighted by Gasteiger charge is 2.55. The van der Waals surface area contributed by atoms with Gasteiger partial charge in [-0.05, 0) is 48.0 Å². The molecule has 0 amide bonds. The Hall–Kier alpha value is -0.840. The topological polar surface area (TPSA) is 55.1 Å². The van der Waals surface area contributed by atoms with E-state index in [1.807, 2.05) is 0 Å². The van der Waals surface area contributed by atoms with Gasteiger partial charge in [-0.3, -0.25) is 4.79 Å². The average Bonchev–Trinajstić information content (AvgIpc) is 3.01. The lowest BCUT2D eigenvalue weighted by Crippen LogP contribution is -2.26. The van der Waals surface area contributed by atoms with Crippen LogP contribution in [0, 0.1) is 0 Å². The summed E-state index contributed by atoms with van der Waals surface area (Å²) in [7, 11) is 0. The summed E-state index contributed by atoms with van der Waals surface area (Å²) in [6.07, 6.45) is 4.75. The zero-order chi connectivity index (χ0) is 11.3. The van der Waals surface area contributed by atoms with Crippen molar-refractivity contribution in [1.29, 1.82) is 0 Å². The van der Waals surface area contributed by atoms with Gasteiger partial charge in [0.15, 0.2) is 0 Å². The van der Waals surface area contributed by atoms with Gasteiger partial charge in [0.1, 0.15) is 15.8 Å². The number of nitrogens with zero attached hydrogens (tertiary/aromatic N) is 2. The van der Waals surface area contributed by atoms with Crippen molar-refractivity contribution in [2.24, 2.45) is 0 Å². The molecule has 86 valence electrons. The molecule has 2 aliphatic rings. The van der Waals surface area contributed by atoms with E-state index in [1.165, 1.54) is 12.1 Å². The van der Waals surface area contributed by atoms with Crippen LogP contribution in [0.3, 0.4) is 0 Å². The first-order valence-electron chi connectivity index (χ1n) is 5.64. The van der Waals surface area contributed by atoms with Crippen molar-refractivity contribution in [2.45, 2.75) is 44.1 Å². The first-order valence-corrected chi connectivity index (χ1v) is 6.43. The first kappa shape index (κ1) is 10.3. The second kappa shape index (κ2) is 3.32. The van der Waals surface area contributed by atoms with Gasteiger partial charge >= 0.3 is 5.97 Å². The van der Waals surface area contributed by atoms with Gasteiger partial charge in [0.05, 0.1) is 5.69 Å². The van der Waals surface area contributed by atoms with Gasteiger partial charge in [0.2, 0.25) is 0 Å². The molecule has 0 bridgehead atoms. The van der Waals surface area contributed by atoms with Crippen LogP contribution >= 0.6 is 15.9 Å². The molecular formula is C11H13BrN2O2. The minimum Gasteiger partial charge on any atom is -0.480 e. The Morgan fingerprint density at radius 2 is 2.19 bits per heavy atom. The van der Waals surface area contributed by atoms with Gasteiger partial charge in [-0.1, -0.05) is 0 Å². The summed E-state index contributed by atoms with van der Waals surface area (Å²) in [6, 6.07) is 0. The fourth-order valence-electron chi connectivity index (χ4n) is 2.52. The fraction of sp³-hybridized carbons (Fsp3) is 0.636. The molecule has 1 saturated carbocycles. The maximum Gasteiger partial charge on any atom is 0.317 e. The predicted octanol–water partition coefficient (Wildman–Crippen LogP) is 2.10. The third-order valence-electron chi connectivity index (χ3n) is 3.66. The van der Waals surface area contributed by atoms with Crippen LogP contribution in [0.1, 0.15) is 37.2 Å². The minimum atomic E-state index is -0.724. The van der Waals surface area contributed by atoms with Crippen LogP contribution in [0.15, 0.2) is 4.60 Å². The lowest BCUT2D eigenvalue weighted by Gasteiger charge is -2.19. The van der Waals surface area contributed by atoms with E-state index in [0.29, 0.717) is 0 Å². The van der Waals surface area contributed by atoms with Crippen LogP contribution < -0.4 is 0 Å². The molecule has 1 aliphatic carbocycles. The summed E-state index contributed by atoms with van der Waals surface area (Å²) in [4.78, 5) is 15.8. The average molecular weight is 285 g/mol. The highest BCUT2D eigenvalue weighted by Crippen LogP contribution is 2.49. The SMILES string of the molecule is O=C(O)C1(c2nc(Br)c3n2CCCC3)CC1. The Morgan fingerprint density at radius 1 is 1.44 bits per heavy atom. The number of carboxylic acids is 1. The molecule has 1 aliphatic heterocycles. The zero-order valence-corrected chi connectivity index (χ0v) is 10.5. The highest BCUT2D eigenvalue weighted by molar-refractivity contribution is 9.10. The van der Waals surface area contributed by atoms with Crippen LogP contribution in [0.2, 0.25) is 0 Å². The number of halogens is 1. The van der Waals surface area contributed by atoms with E-state index in [-0.39, 0.29) is 0 Å². The van der Waals surface area contributed by atoms with Gasteiger partial charge < -0.3 is 9.67 Å². The Morgan fingerprint density at radius 3 is 2.81 bits per heavy atom. The summed E-state index contributed by atoms with van der Waals surface area (Å²) >= 11 is 3.45. The van der Waals surface area contributed by atoms with Crippen molar-refractivity contribution in [3.8, 4) is 0 Å². The molecule has 0 spiro atoms. The van der Waals surface area contributed by atoms with Gasteiger partial charge in [0.25, 0.3) is 0 Å². The third kappa shape index (κ3) is 1.27. The molecule has 1 fully saturated rings. The molecule has 3 rings (SSSR count). The van der Waals surface area contributed by atoms with Gasteiger partial charge in [0, 0.05) is 6.54 Å². The quantitative estimate of drug-likeness (QED) is 0.905. The summed E-state index contributed by atoms with van der Waals surface area (Å²) in [5.74, 6) is 0.0416. The van der Waals surface area contributed by atoms with Crippen molar-refractivity contribution in [3.05, 3.63) is 16.1 Å². The molecular weight excluding hydrogens is 272 g/mol. The van der Waals surface area contributed by atoms with Gasteiger partial charge in [-0.25, -0.2) is 4.98 Å². The minimum absolute atomic E-state index is 0.682. The monoisotopic (exact) mass is 284 g/mol. The largest absolute Gasteiger partial charge is 0.480 e. The number of hydrogen-bond donors (Lipinski definition) is 1. The van der Waals surface area contributed by atoms with Crippen molar-refractivity contribution in [3.63, 3.8) is 0 Å². The molecule has 0 aromatic carbocycles. The molecule has 0 unspecified atom stereocenters. The summed E-state index contributed by atoms with van der Waals surface area (Å²) in [5.41, 5.74) is 0.492. The van der Waals surface area contributed by atoms with Crippen LogP contribution in [-0.4, -0.2) is 20.6 Å². The third-order valence-corrected chi connectivity index (χ3v) is 4.29. The van der Waals surface area contributed by atoms with E-state index in [0.717, 1.165) is 42.7 Å². The number of carbonyl (C=O) groups is 1. The summed E-state index contributed by atoms with van der Waals surface area (Å²) < 4.78 is 2.96. The number of imidazole rings is 1. The highest BCUT2D eigenvalue weighted by atomic mass is 79.9. The van der Waals surface area contributed by atoms with Crippen molar-refractivity contribution >= 4 is 21.9 Å². The first-order chi connectivity index (χ1) is 7.65. The summed E-state index contributed by atoms with van der Waals surface area (Å²) in [5, 5.41) is 9.30. The lowest BCUT2D eigenvalue weighted by atomic mass is 10.1. The Labute approximate surface area is 102 Å². The van der Waals surface area contributed by atoms with Crippen LogP contribution in [0.4, 0.5) is 0 Å². The van der Waals surface area contributed by atoms with Crippen molar-refractivity contribution < 1.29 is 9.90 Å². The van der Waals surface area contributed by atoms with E-state index in [2.05, 4.69) is 25.5 Å². The van der Waals surface area contributed by atoms with E-state index in [9.17, 15) is 9.90 Å². The van der Waals surface area contributed by atoms with Crippen molar-refractivity contribution in [2.75, 3.05) is 0 Å². The van der Waals surface area contributed by atoms with Gasteiger partial charge in [-0.2, -0.15) is 0 Å².